The van der Waals surface area contributed by atoms with Crippen molar-refractivity contribution in [2.45, 2.75) is 43.7 Å². The molecule has 0 aromatic heterocycles. The molecule has 2 heterocycles. The van der Waals surface area contributed by atoms with Crippen LogP contribution in [-0.4, -0.2) is 50.7 Å². The van der Waals surface area contributed by atoms with Crippen LogP contribution < -0.4 is 10.1 Å². The van der Waals surface area contributed by atoms with Crippen LogP contribution in [0.25, 0.3) is 10.8 Å². The Balaban J connectivity index is 1.23. The average Bonchev–Trinajstić information content (AvgIpc) is 2.99. The monoisotopic (exact) mass is 417 g/mol. The van der Waals surface area contributed by atoms with Crippen LogP contribution in [0.5, 0.6) is 5.75 Å². The van der Waals surface area contributed by atoms with E-state index in [0.29, 0.717) is 38.9 Å². The van der Waals surface area contributed by atoms with Gasteiger partial charge in [0.15, 0.2) is 9.84 Å². The Morgan fingerprint density at radius 2 is 2.03 bits per heavy atom. The van der Waals surface area contributed by atoms with Crippen LogP contribution in [0.3, 0.4) is 0 Å². The molecular formula is C22H27NO5S. The summed E-state index contributed by atoms with van der Waals surface area (Å²) in [6.07, 6.45) is 2.83. The SMILES string of the molecule is O=C(CCCOc1cccc2ccccc12)NC1CCOC2(CCS(=O)(=O)C2)C1. The first-order valence-electron chi connectivity index (χ1n) is 10.2. The number of rotatable bonds is 6. The summed E-state index contributed by atoms with van der Waals surface area (Å²) >= 11 is 0. The summed E-state index contributed by atoms with van der Waals surface area (Å²) in [5.74, 6) is 1.07. The molecule has 7 heteroatoms. The minimum atomic E-state index is -3.02. The fourth-order valence-corrected chi connectivity index (χ4v) is 6.32. The fourth-order valence-electron chi connectivity index (χ4n) is 4.35. The number of ether oxygens (including phenoxy) is 2. The quantitative estimate of drug-likeness (QED) is 0.731. The number of nitrogens with one attached hydrogen (secondary N) is 1. The van der Waals surface area contributed by atoms with Gasteiger partial charge in [0.2, 0.25) is 5.91 Å². The van der Waals surface area contributed by atoms with E-state index in [4.69, 9.17) is 9.47 Å². The number of carbonyl (C=O) groups is 1. The van der Waals surface area contributed by atoms with Crippen LogP contribution in [-0.2, 0) is 19.4 Å². The molecule has 0 bridgehead atoms. The van der Waals surface area contributed by atoms with Crippen molar-refractivity contribution >= 4 is 26.5 Å². The van der Waals surface area contributed by atoms with Gasteiger partial charge in [0.1, 0.15) is 5.75 Å². The molecule has 0 aliphatic carbocycles. The first-order chi connectivity index (χ1) is 13.9. The van der Waals surface area contributed by atoms with Crippen molar-refractivity contribution in [2.75, 3.05) is 24.7 Å². The van der Waals surface area contributed by atoms with Gasteiger partial charge in [-0.1, -0.05) is 36.4 Å². The van der Waals surface area contributed by atoms with Crippen molar-refractivity contribution in [3.05, 3.63) is 42.5 Å². The molecule has 1 amide bonds. The lowest BCUT2D eigenvalue weighted by Crippen LogP contribution is -2.49. The summed E-state index contributed by atoms with van der Waals surface area (Å²) in [4.78, 5) is 12.3. The Labute approximate surface area is 171 Å². The molecule has 1 spiro atoms. The lowest BCUT2D eigenvalue weighted by molar-refractivity contribution is -0.124. The summed E-state index contributed by atoms with van der Waals surface area (Å²) in [6.45, 7) is 0.960. The summed E-state index contributed by atoms with van der Waals surface area (Å²) in [5.41, 5.74) is -0.605. The summed E-state index contributed by atoms with van der Waals surface area (Å²) in [7, 11) is -3.02. The highest BCUT2D eigenvalue weighted by Gasteiger charge is 2.46. The van der Waals surface area contributed by atoms with Gasteiger partial charge in [-0.25, -0.2) is 8.42 Å². The summed E-state index contributed by atoms with van der Waals surface area (Å²) in [5, 5.41) is 5.25. The Morgan fingerprint density at radius 3 is 2.86 bits per heavy atom. The maximum atomic E-state index is 12.3. The molecule has 156 valence electrons. The van der Waals surface area contributed by atoms with Gasteiger partial charge in [-0.3, -0.25) is 4.79 Å². The topological polar surface area (TPSA) is 81.7 Å². The fraction of sp³-hybridized carbons (Fsp3) is 0.500. The van der Waals surface area contributed by atoms with Crippen molar-refractivity contribution < 1.29 is 22.7 Å². The minimum Gasteiger partial charge on any atom is -0.493 e. The zero-order chi connectivity index (χ0) is 20.3. The summed E-state index contributed by atoms with van der Waals surface area (Å²) < 4.78 is 35.3. The van der Waals surface area contributed by atoms with E-state index in [-0.39, 0.29) is 23.5 Å². The van der Waals surface area contributed by atoms with Crippen LogP contribution in [0.4, 0.5) is 0 Å². The molecule has 1 N–H and O–H groups in total. The first-order valence-corrected chi connectivity index (χ1v) is 12.0. The molecule has 2 aromatic rings. The van der Waals surface area contributed by atoms with E-state index in [0.717, 1.165) is 22.9 Å². The molecule has 0 saturated carbocycles. The molecule has 2 aliphatic rings. The number of carbonyl (C=O) groups excluding carboxylic acids is 1. The Morgan fingerprint density at radius 1 is 1.21 bits per heavy atom. The highest BCUT2D eigenvalue weighted by Crippen LogP contribution is 2.35. The van der Waals surface area contributed by atoms with Gasteiger partial charge in [0.25, 0.3) is 0 Å². The van der Waals surface area contributed by atoms with E-state index >= 15 is 0 Å². The van der Waals surface area contributed by atoms with E-state index in [1.54, 1.807) is 0 Å². The Hall–Kier alpha value is -2.12. The number of sulfone groups is 1. The Kier molecular flexibility index (Phi) is 5.79. The predicted molar refractivity (Wildman–Crippen MR) is 112 cm³/mol. The van der Waals surface area contributed by atoms with Gasteiger partial charge in [-0.05, 0) is 37.1 Å². The Bertz CT molecular complexity index is 984. The number of amides is 1. The maximum absolute atomic E-state index is 12.3. The van der Waals surface area contributed by atoms with E-state index in [9.17, 15) is 13.2 Å². The largest absolute Gasteiger partial charge is 0.493 e. The van der Waals surface area contributed by atoms with Crippen LogP contribution in [0.2, 0.25) is 0 Å². The van der Waals surface area contributed by atoms with E-state index in [1.807, 2.05) is 42.5 Å². The molecule has 2 aromatic carbocycles. The average molecular weight is 418 g/mol. The molecule has 6 nitrogen and oxygen atoms in total. The van der Waals surface area contributed by atoms with Crippen LogP contribution in [0, 0.1) is 0 Å². The second-order valence-electron chi connectivity index (χ2n) is 8.06. The zero-order valence-corrected chi connectivity index (χ0v) is 17.2. The lowest BCUT2D eigenvalue weighted by Gasteiger charge is -2.37. The normalized spacial score (nSPS) is 25.9. The van der Waals surface area contributed by atoms with Gasteiger partial charge in [0, 0.05) is 24.5 Å². The van der Waals surface area contributed by atoms with Crippen molar-refractivity contribution in [1.29, 1.82) is 0 Å². The van der Waals surface area contributed by atoms with E-state index < -0.39 is 15.4 Å². The maximum Gasteiger partial charge on any atom is 0.220 e. The predicted octanol–water partition coefficient (Wildman–Crippen LogP) is 2.85. The minimum absolute atomic E-state index is 0.0191. The van der Waals surface area contributed by atoms with Crippen LogP contribution >= 0.6 is 0 Å². The molecule has 0 radical (unpaired) electrons. The number of hydrogen-bond donors (Lipinski definition) is 1. The first kappa shape index (κ1) is 20.2. The lowest BCUT2D eigenvalue weighted by atomic mass is 9.90. The molecule has 2 aliphatic heterocycles. The zero-order valence-electron chi connectivity index (χ0n) is 16.4. The third kappa shape index (κ3) is 4.90. The second-order valence-corrected chi connectivity index (χ2v) is 10.2. The second kappa shape index (κ2) is 8.32. The van der Waals surface area contributed by atoms with Gasteiger partial charge >= 0.3 is 0 Å². The van der Waals surface area contributed by atoms with Crippen LogP contribution in [0.15, 0.2) is 42.5 Å². The van der Waals surface area contributed by atoms with E-state index in [1.165, 1.54) is 0 Å². The highest BCUT2D eigenvalue weighted by molar-refractivity contribution is 7.91. The van der Waals surface area contributed by atoms with Gasteiger partial charge in [0.05, 0.1) is 23.7 Å². The molecule has 2 unspecified atom stereocenters. The summed E-state index contributed by atoms with van der Waals surface area (Å²) in [6, 6.07) is 14.0. The highest BCUT2D eigenvalue weighted by atomic mass is 32.2. The van der Waals surface area contributed by atoms with Crippen molar-refractivity contribution in [3.8, 4) is 5.75 Å². The van der Waals surface area contributed by atoms with Gasteiger partial charge in [-0.2, -0.15) is 0 Å². The molecule has 2 fully saturated rings. The number of fused-ring (bicyclic) bond motifs is 1. The van der Waals surface area contributed by atoms with Crippen molar-refractivity contribution in [2.24, 2.45) is 0 Å². The smallest absolute Gasteiger partial charge is 0.220 e. The number of benzene rings is 2. The van der Waals surface area contributed by atoms with E-state index in [2.05, 4.69) is 5.32 Å². The molecule has 2 atom stereocenters. The van der Waals surface area contributed by atoms with Crippen molar-refractivity contribution in [3.63, 3.8) is 0 Å². The van der Waals surface area contributed by atoms with Crippen molar-refractivity contribution in [1.82, 2.24) is 5.32 Å². The number of hydrogen-bond acceptors (Lipinski definition) is 5. The molecular weight excluding hydrogens is 390 g/mol. The third-order valence-electron chi connectivity index (χ3n) is 5.77. The molecule has 29 heavy (non-hydrogen) atoms. The van der Waals surface area contributed by atoms with Gasteiger partial charge in [-0.15, -0.1) is 0 Å². The molecule has 2 saturated heterocycles. The standard InChI is InChI=1S/C22H27NO5S/c24-21(23-18-10-13-28-22(15-18)11-14-29(25,26)16-22)9-4-12-27-20-8-3-6-17-5-1-2-7-19(17)20/h1-3,5-8,18H,4,9-16H2,(H,23,24). The third-order valence-corrected chi connectivity index (χ3v) is 7.56. The van der Waals surface area contributed by atoms with Crippen LogP contribution in [0.1, 0.15) is 32.1 Å². The van der Waals surface area contributed by atoms with Gasteiger partial charge < -0.3 is 14.8 Å². The molecule has 4 rings (SSSR count).